The molecule has 0 spiro atoms. The van der Waals surface area contributed by atoms with Crippen molar-refractivity contribution in [2.75, 3.05) is 10.0 Å². The van der Waals surface area contributed by atoms with Crippen molar-refractivity contribution < 1.29 is 13.2 Å². The Kier molecular flexibility index (Phi) is 5.06. The highest BCUT2D eigenvalue weighted by Gasteiger charge is 2.15. The molecule has 0 bridgehead atoms. The summed E-state index contributed by atoms with van der Waals surface area (Å²) in [4.78, 5) is 16.4. The Morgan fingerprint density at radius 3 is 2.23 bits per heavy atom. The van der Waals surface area contributed by atoms with Crippen LogP contribution in [0.3, 0.4) is 0 Å². The van der Waals surface area contributed by atoms with Crippen LogP contribution in [-0.2, 0) is 10.0 Å². The van der Waals surface area contributed by atoms with Crippen LogP contribution in [0.2, 0.25) is 0 Å². The zero-order valence-electron chi connectivity index (χ0n) is 14.2. The van der Waals surface area contributed by atoms with Gasteiger partial charge >= 0.3 is 0 Å². The van der Waals surface area contributed by atoms with E-state index in [1.165, 1.54) is 35.6 Å². The molecule has 0 saturated carbocycles. The molecule has 6 nitrogen and oxygen atoms in total. The van der Waals surface area contributed by atoms with Crippen molar-refractivity contribution in [2.45, 2.75) is 18.7 Å². The monoisotopic (exact) mass is 387 g/mol. The predicted molar refractivity (Wildman–Crippen MR) is 103 cm³/mol. The van der Waals surface area contributed by atoms with Gasteiger partial charge in [0, 0.05) is 16.6 Å². The smallest absolute Gasteiger partial charge is 0.261 e. The minimum Gasteiger partial charge on any atom is -0.298 e. The lowest BCUT2D eigenvalue weighted by molar-refractivity contribution is 0.102. The number of hydrogen-bond acceptors (Lipinski definition) is 5. The maximum atomic E-state index is 12.4. The molecular formula is C18H17N3O3S2. The van der Waals surface area contributed by atoms with E-state index in [9.17, 15) is 13.2 Å². The summed E-state index contributed by atoms with van der Waals surface area (Å²) < 4.78 is 27.4. The van der Waals surface area contributed by atoms with Crippen molar-refractivity contribution in [3.05, 3.63) is 70.7 Å². The minimum atomic E-state index is -3.72. The number of amides is 1. The predicted octanol–water partition coefficient (Wildman–Crippen LogP) is 3.81. The Morgan fingerprint density at radius 1 is 1.00 bits per heavy atom. The Labute approximate surface area is 156 Å². The zero-order valence-corrected chi connectivity index (χ0v) is 15.8. The lowest BCUT2D eigenvalue weighted by Crippen LogP contribution is -2.14. The fraction of sp³-hybridized carbons (Fsp3) is 0.111. The van der Waals surface area contributed by atoms with Gasteiger partial charge in [0.2, 0.25) is 0 Å². The average Bonchev–Trinajstić information content (AvgIpc) is 3.02. The Bertz CT molecular complexity index is 1020. The number of carbonyl (C=O) groups excluding carboxylic acids is 1. The van der Waals surface area contributed by atoms with Crippen LogP contribution in [0.1, 0.15) is 21.6 Å². The van der Waals surface area contributed by atoms with Crippen molar-refractivity contribution in [3.63, 3.8) is 0 Å². The number of thiazole rings is 1. The second kappa shape index (κ2) is 7.27. The molecule has 3 aromatic rings. The molecule has 0 atom stereocenters. The molecule has 1 heterocycles. The molecule has 0 fully saturated rings. The number of nitrogens with zero attached hydrogens (tertiary/aromatic N) is 1. The zero-order chi connectivity index (χ0) is 18.7. The number of nitrogens with one attached hydrogen (secondary N) is 2. The Hall–Kier alpha value is -2.71. The minimum absolute atomic E-state index is 0.0831. The first-order valence-electron chi connectivity index (χ1n) is 7.76. The average molecular weight is 387 g/mol. The van der Waals surface area contributed by atoms with Gasteiger partial charge in [-0.25, -0.2) is 13.4 Å². The van der Waals surface area contributed by atoms with Crippen LogP contribution in [0, 0.1) is 13.8 Å². The van der Waals surface area contributed by atoms with Crippen LogP contribution in [-0.4, -0.2) is 19.3 Å². The molecule has 0 saturated heterocycles. The summed E-state index contributed by atoms with van der Waals surface area (Å²) in [5.74, 6) is -0.338. The highest BCUT2D eigenvalue weighted by molar-refractivity contribution is 7.92. The number of hydrogen-bond donors (Lipinski definition) is 2. The van der Waals surface area contributed by atoms with E-state index in [1.807, 2.05) is 31.4 Å². The highest BCUT2D eigenvalue weighted by atomic mass is 32.2. The third-order valence-electron chi connectivity index (χ3n) is 3.57. The number of aryl methyl sites for hydroxylation is 2. The van der Waals surface area contributed by atoms with Crippen molar-refractivity contribution in [1.82, 2.24) is 4.98 Å². The van der Waals surface area contributed by atoms with Gasteiger partial charge in [0.25, 0.3) is 15.9 Å². The highest BCUT2D eigenvalue weighted by Crippen LogP contribution is 2.19. The van der Waals surface area contributed by atoms with Gasteiger partial charge in [0.1, 0.15) is 0 Å². The van der Waals surface area contributed by atoms with Gasteiger partial charge in [-0.15, -0.1) is 11.3 Å². The molecule has 0 radical (unpaired) electrons. The number of carbonyl (C=O) groups is 1. The summed E-state index contributed by atoms with van der Waals surface area (Å²) in [6, 6.07) is 12.8. The van der Waals surface area contributed by atoms with Crippen molar-refractivity contribution in [2.24, 2.45) is 0 Å². The van der Waals surface area contributed by atoms with E-state index in [0.717, 1.165) is 11.3 Å². The summed E-state index contributed by atoms with van der Waals surface area (Å²) in [6.07, 6.45) is 0. The van der Waals surface area contributed by atoms with Gasteiger partial charge in [-0.1, -0.05) is 17.7 Å². The molecule has 1 aromatic heterocycles. The van der Waals surface area contributed by atoms with Gasteiger partial charge in [-0.3, -0.25) is 14.8 Å². The molecule has 2 N–H and O–H groups in total. The summed E-state index contributed by atoms with van der Waals surface area (Å²) in [5.41, 5.74) is 2.70. The lowest BCUT2D eigenvalue weighted by atomic mass is 10.2. The normalized spacial score (nSPS) is 11.2. The molecule has 26 heavy (non-hydrogen) atoms. The first-order valence-corrected chi connectivity index (χ1v) is 10.1. The first kappa shape index (κ1) is 18.1. The van der Waals surface area contributed by atoms with E-state index in [0.29, 0.717) is 16.4 Å². The Morgan fingerprint density at radius 2 is 1.65 bits per heavy atom. The molecule has 134 valence electrons. The van der Waals surface area contributed by atoms with E-state index in [2.05, 4.69) is 15.0 Å². The maximum absolute atomic E-state index is 12.4. The van der Waals surface area contributed by atoms with Crippen molar-refractivity contribution >= 4 is 38.1 Å². The van der Waals surface area contributed by atoms with E-state index >= 15 is 0 Å². The second-order valence-corrected chi connectivity index (χ2v) is 8.28. The summed E-state index contributed by atoms with van der Waals surface area (Å²) in [5, 5.41) is 5.03. The fourth-order valence-electron chi connectivity index (χ4n) is 2.20. The third-order valence-corrected chi connectivity index (χ3v) is 5.84. The quantitative estimate of drug-likeness (QED) is 0.697. The van der Waals surface area contributed by atoms with E-state index in [-0.39, 0.29) is 10.8 Å². The van der Waals surface area contributed by atoms with Gasteiger partial charge in [-0.2, -0.15) is 0 Å². The van der Waals surface area contributed by atoms with Crippen LogP contribution in [0.5, 0.6) is 0 Å². The molecule has 0 aliphatic heterocycles. The molecule has 2 aromatic carbocycles. The SMILES string of the molecule is Cc1ccc(NS(=O)(=O)c2ccc(C(=O)Nc3nc(C)cs3)cc2)cc1. The lowest BCUT2D eigenvalue weighted by Gasteiger charge is -2.09. The Balaban J connectivity index is 1.73. The molecule has 0 aliphatic carbocycles. The number of benzene rings is 2. The van der Waals surface area contributed by atoms with E-state index < -0.39 is 10.0 Å². The van der Waals surface area contributed by atoms with E-state index in [4.69, 9.17) is 0 Å². The molecular weight excluding hydrogens is 370 g/mol. The molecule has 0 aliphatic rings. The number of anilines is 2. The fourth-order valence-corrected chi connectivity index (χ4v) is 3.94. The summed E-state index contributed by atoms with van der Waals surface area (Å²) in [7, 11) is -3.72. The largest absolute Gasteiger partial charge is 0.298 e. The number of aromatic nitrogens is 1. The molecule has 1 amide bonds. The molecule has 3 rings (SSSR count). The summed E-state index contributed by atoms with van der Waals surface area (Å²) >= 11 is 1.33. The van der Waals surface area contributed by atoms with Gasteiger partial charge in [-0.05, 0) is 50.2 Å². The van der Waals surface area contributed by atoms with Crippen LogP contribution in [0.4, 0.5) is 10.8 Å². The number of rotatable bonds is 5. The van der Waals surface area contributed by atoms with Gasteiger partial charge in [0.05, 0.1) is 10.6 Å². The van der Waals surface area contributed by atoms with Crippen LogP contribution >= 0.6 is 11.3 Å². The third kappa shape index (κ3) is 4.27. The van der Waals surface area contributed by atoms with Crippen LogP contribution in [0.15, 0.2) is 58.8 Å². The number of sulfonamides is 1. The van der Waals surface area contributed by atoms with Gasteiger partial charge in [0.15, 0.2) is 5.13 Å². The maximum Gasteiger partial charge on any atom is 0.261 e. The summed E-state index contributed by atoms with van der Waals surface area (Å²) in [6.45, 7) is 3.77. The van der Waals surface area contributed by atoms with Crippen molar-refractivity contribution in [3.8, 4) is 0 Å². The molecule has 0 unspecified atom stereocenters. The van der Waals surface area contributed by atoms with Gasteiger partial charge < -0.3 is 0 Å². The van der Waals surface area contributed by atoms with E-state index in [1.54, 1.807) is 12.1 Å². The second-order valence-electron chi connectivity index (χ2n) is 5.74. The van der Waals surface area contributed by atoms with Crippen LogP contribution < -0.4 is 10.0 Å². The van der Waals surface area contributed by atoms with Crippen molar-refractivity contribution in [1.29, 1.82) is 0 Å². The van der Waals surface area contributed by atoms with Crippen LogP contribution in [0.25, 0.3) is 0 Å². The molecule has 8 heteroatoms. The standard InChI is InChI=1S/C18H17N3O3S2/c1-12-3-7-15(8-4-12)21-26(23,24)16-9-5-14(6-10-16)17(22)20-18-19-13(2)11-25-18/h3-11,21H,1-2H3,(H,19,20,22). The topological polar surface area (TPSA) is 88.2 Å². The first-order chi connectivity index (χ1) is 12.3.